The van der Waals surface area contributed by atoms with Gasteiger partial charge in [-0.2, -0.15) is 0 Å². The van der Waals surface area contributed by atoms with E-state index in [1.54, 1.807) is 0 Å². The van der Waals surface area contributed by atoms with Crippen LogP contribution in [0, 0.1) is 0 Å². The molecule has 1 aliphatic heterocycles. The van der Waals surface area contributed by atoms with Crippen molar-refractivity contribution >= 4 is 16.1 Å². The highest BCUT2D eigenvalue weighted by molar-refractivity contribution is 7.88. The summed E-state index contributed by atoms with van der Waals surface area (Å²) < 4.78 is 29.7. The van der Waals surface area contributed by atoms with Crippen LogP contribution < -0.4 is 20.1 Å². The van der Waals surface area contributed by atoms with Crippen LogP contribution in [0.5, 0.6) is 5.75 Å². The molecular weight excluding hydrogens is 306 g/mol. The summed E-state index contributed by atoms with van der Waals surface area (Å²) in [7, 11) is -3.17. The van der Waals surface area contributed by atoms with Gasteiger partial charge >= 0.3 is 6.03 Å². The molecule has 1 atom stereocenters. The van der Waals surface area contributed by atoms with E-state index in [9.17, 15) is 13.2 Å². The van der Waals surface area contributed by atoms with E-state index in [-0.39, 0.29) is 12.1 Å². The molecule has 0 fully saturated rings. The van der Waals surface area contributed by atoms with E-state index in [0.717, 1.165) is 24.0 Å². The van der Waals surface area contributed by atoms with Crippen LogP contribution in [-0.2, 0) is 10.0 Å². The van der Waals surface area contributed by atoms with Gasteiger partial charge in [-0.05, 0) is 12.5 Å². The standard InChI is InChI=1S/C14H21N3O4S/c1-22(19,20)16-9-4-8-15-14(18)17-12-7-10-21-13-6-3-2-5-11(12)13/h2-3,5-6,12,16H,4,7-10H2,1H3,(H2,15,17,18)/t12-/m1/s1. The van der Waals surface area contributed by atoms with Crippen molar-refractivity contribution in [3.63, 3.8) is 0 Å². The maximum Gasteiger partial charge on any atom is 0.315 e. The Bertz CT molecular complexity index is 618. The first kappa shape index (κ1) is 16.6. The summed E-state index contributed by atoms with van der Waals surface area (Å²) >= 11 is 0. The number of para-hydroxylation sites is 1. The third-order valence-electron chi connectivity index (χ3n) is 3.27. The highest BCUT2D eigenvalue weighted by atomic mass is 32.2. The molecule has 0 aromatic heterocycles. The lowest BCUT2D eigenvalue weighted by atomic mass is 10.0. The van der Waals surface area contributed by atoms with Gasteiger partial charge in [0.25, 0.3) is 0 Å². The van der Waals surface area contributed by atoms with E-state index in [2.05, 4.69) is 15.4 Å². The van der Waals surface area contributed by atoms with Gasteiger partial charge in [0.1, 0.15) is 5.75 Å². The number of rotatable bonds is 6. The monoisotopic (exact) mass is 327 g/mol. The lowest BCUT2D eigenvalue weighted by Crippen LogP contribution is -2.40. The average Bonchev–Trinajstić information content (AvgIpc) is 2.46. The van der Waals surface area contributed by atoms with Crippen molar-refractivity contribution < 1.29 is 17.9 Å². The number of benzene rings is 1. The Kier molecular flexibility index (Phi) is 5.62. The summed E-state index contributed by atoms with van der Waals surface area (Å²) in [6.07, 6.45) is 2.36. The predicted molar refractivity (Wildman–Crippen MR) is 83.3 cm³/mol. The second-order valence-corrected chi connectivity index (χ2v) is 6.98. The molecule has 2 rings (SSSR count). The zero-order chi connectivity index (χ0) is 16.0. The Morgan fingerprint density at radius 3 is 2.86 bits per heavy atom. The topological polar surface area (TPSA) is 96.5 Å². The number of sulfonamides is 1. The molecule has 3 N–H and O–H groups in total. The van der Waals surface area contributed by atoms with Crippen LogP contribution in [0.15, 0.2) is 24.3 Å². The molecule has 1 aromatic rings. The normalized spacial score (nSPS) is 17.2. The van der Waals surface area contributed by atoms with E-state index < -0.39 is 10.0 Å². The van der Waals surface area contributed by atoms with Gasteiger partial charge < -0.3 is 15.4 Å². The summed E-state index contributed by atoms with van der Waals surface area (Å²) in [6.45, 7) is 1.28. The maximum atomic E-state index is 11.9. The van der Waals surface area contributed by atoms with Crippen molar-refractivity contribution in [2.75, 3.05) is 26.0 Å². The Morgan fingerprint density at radius 1 is 1.32 bits per heavy atom. The van der Waals surface area contributed by atoms with Crippen molar-refractivity contribution in [1.29, 1.82) is 0 Å². The van der Waals surface area contributed by atoms with Crippen LogP contribution in [-0.4, -0.2) is 40.4 Å². The van der Waals surface area contributed by atoms with Gasteiger partial charge in [0.15, 0.2) is 0 Å². The SMILES string of the molecule is CS(=O)(=O)NCCCNC(=O)N[C@@H]1CCOc2ccccc21. The summed E-state index contributed by atoms with van der Waals surface area (Å²) in [5, 5.41) is 5.63. The first-order valence-electron chi connectivity index (χ1n) is 7.16. The third kappa shape index (κ3) is 5.19. The lowest BCUT2D eigenvalue weighted by Gasteiger charge is -2.26. The minimum Gasteiger partial charge on any atom is -0.493 e. The molecule has 8 heteroatoms. The van der Waals surface area contributed by atoms with Crippen LogP contribution in [0.25, 0.3) is 0 Å². The largest absolute Gasteiger partial charge is 0.493 e. The number of hydrogen-bond acceptors (Lipinski definition) is 4. The molecular formula is C14H21N3O4S. The van der Waals surface area contributed by atoms with Gasteiger partial charge in [0.05, 0.1) is 18.9 Å². The number of carbonyl (C=O) groups excluding carboxylic acids is 1. The molecule has 0 aliphatic carbocycles. The first-order valence-corrected chi connectivity index (χ1v) is 9.05. The van der Waals surface area contributed by atoms with Gasteiger partial charge in [-0.1, -0.05) is 18.2 Å². The first-order chi connectivity index (χ1) is 10.5. The molecule has 22 heavy (non-hydrogen) atoms. The highest BCUT2D eigenvalue weighted by Gasteiger charge is 2.22. The number of carbonyl (C=O) groups is 1. The third-order valence-corrected chi connectivity index (χ3v) is 4.00. The Labute approximate surface area is 130 Å². The number of ether oxygens (including phenoxy) is 1. The van der Waals surface area contributed by atoms with Crippen molar-refractivity contribution in [1.82, 2.24) is 15.4 Å². The molecule has 7 nitrogen and oxygen atoms in total. The molecule has 2 amide bonds. The number of amides is 2. The van der Waals surface area contributed by atoms with E-state index in [1.807, 2.05) is 24.3 Å². The Morgan fingerprint density at radius 2 is 2.09 bits per heavy atom. The van der Waals surface area contributed by atoms with Crippen LogP contribution in [0.3, 0.4) is 0 Å². The maximum absolute atomic E-state index is 11.9. The fourth-order valence-corrected chi connectivity index (χ4v) is 2.76. The van der Waals surface area contributed by atoms with Crippen molar-refractivity contribution in [3.8, 4) is 5.75 Å². The minimum atomic E-state index is -3.17. The fourth-order valence-electron chi connectivity index (χ4n) is 2.25. The molecule has 1 aromatic carbocycles. The summed E-state index contributed by atoms with van der Waals surface area (Å²) in [4.78, 5) is 11.9. The van der Waals surface area contributed by atoms with Gasteiger partial charge in [-0.3, -0.25) is 0 Å². The lowest BCUT2D eigenvalue weighted by molar-refractivity contribution is 0.223. The van der Waals surface area contributed by atoms with Crippen molar-refractivity contribution in [3.05, 3.63) is 29.8 Å². The molecule has 0 spiro atoms. The molecule has 122 valence electrons. The molecule has 0 radical (unpaired) electrons. The Hall–Kier alpha value is -1.80. The van der Waals surface area contributed by atoms with Crippen LogP contribution >= 0.6 is 0 Å². The van der Waals surface area contributed by atoms with E-state index in [0.29, 0.717) is 26.1 Å². The van der Waals surface area contributed by atoms with Gasteiger partial charge in [-0.25, -0.2) is 17.9 Å². The minimum absolute atomic E-state index is 0.0703. The number of fused-ring (bicyclic) bond motifs is 1. The Balaban J connectivity index is 1.74. The predicted octanol–water partition coefficient (Wildman–Crippen LogP) is 0.749. The number of nitrogens with one attached hydrogen (secondary N) is 3. The second kappa shape index (κ2) is 7.46. The quantitative estimate of drug-likeness (QED) is 0.672. The smallest absolute Gasteiger partial charge is 0.315 e. The van der Waals surface area contributed by atoms with E-state index in [4.69, 9.17) is 4.74 Å². The zero-order valence-corrected chi connectivity index (χ0v) is 13.3. The van der Waals surface area contributed by atoms with Crippen molar-refractivity contribution in [2.45, 2.75) is 18.9 Å². The van der Waals surface area contributed by atoms with Crippen LogP contribution in [0.1, 0.15) is 24.4 Å². The van der Waals surface area contributed by atoms with Crippen LogP contribution in [0.4, 0.5) is 4.79 Å². The zero-order valence-electron chi connectivity index (χ0n) is 12.5. The summed E-state index contributed by atoms with van der Waals surface area (Å²) in [6, 6.07) is 7.31. The summed E-state index contributed by atoms with van der Waals surface area (Å²) in [5.74, 6) is 0.802. The molecule has 0 saturated carbocycles. The molecule has 1 heterocycles. The van der Waals surface area contributed by atoms with Gasteiger partial charge in [-0.15, -0.1) is 0 Å². The van der Waals surface area contributed by atoms with Crippen molar-refractivity contribution in [2.24, 2.45) is 0 Å². The van der Waals surface area contributed by atoms with E-state index >= 15 is 0 Å². The fraction of sp³-hybridized carbons (Fsp3) is 0.500. The van der Waals surface area contributed by atoms with Crippen LogP contribution in [0.2, 0.25) is 0 Å². The molecule has 0 bridgehead atoms. The molecule has 1 aliphatic rings. The highest BCUT2D eigenvalue weighted by Crippen LogP contribution is 2.31. The number of hydrogen-bond donors (Lipinski definition) is 3. The van der Waals surface area contributed by atoms with E-state index in [1.165, 1.54) is 0 Å². The van der Waals surface area contributed by atoms with Gasteiger partial charge in [0, 0.05) is 25.1 Å². The van der Waals surface area contributed by atoms with Gasteiger partial charge in [0.2, 0.25) is 10.0 Å². The summed E-state index contributed by atoms with van der Waals surface area (Å²) in [5.41, 5.74) is 0.975. The molecule has 0 saturated heterocycles. The second-order valence-electron chi connectivity index (χ2n) is 5.15. The number of urea groups is 1. The molecule has 0 unspecified atom stereocenters. The average molecular weight is 327 g/mol.